The van der Waals surface area contributed by atoms with E-state index < -0.39 is 4.92 Å². The summed E-state index contributed by atoms with van der Waals surface area (Å²) in [6, 6.07) is 5.36. The third-order valence-corrected chi connectivity index (χ3v) is 4.80. The van der Waals surface area contributed by atoms with Gasteiger partial charge in [0, 0.05) is 35.8 Å². The van der Waals surface area contributed by atoms with E-state index in [4.69, 9.17) is 0 Å². The van der Waals surface area contributed by atoms with Gasteiger partial charge < -0.3 is 10.2 Å². The van der Waals surface area contributed by atoms with E-state index in [1.807, 2.05) is 11.8 Å². The molecule has 1 aromatic carbocycles. The molecular weight excluding hydrogens is 318 g/mol. The van der Waals surface area contributed by atoms with Crippen molar-refractivity contribution >= 4 is 24.0 Å². The minimum Gasteiger partial charge on any atom is -0.331 e. The fourth-order valence-corrected chi connectivity index (χ4v) is 3.63. The van der Waals surface area contributed by atoms with Crippen molar-refractivity contribution in [1.82, 2.24) is 10.2 Å². The monoisotopic (exact) mass is 339 g/mol. The molecule has 126 valence electrons. The van der Waals surface area contributed by atoms with Crippen LogP contribution in [0.1, 0.15) is 42.1 Å². The number of nitrogens with zero attached hydrogens (tertiary/aromatic N) is 2. The first-order chi connectivity index (χ1) is 10.6. The van der Waals surface area contributed by atoms with Crippen molar-refractivity contribution in [3.63, 3.8) is 0 Å². The van der Waals surface area contributed by atoms with Gasteiger partial charge in [-0.05, 0) is 38.3 Å². The van der Waals surface area contributed by atoms with Crippen molar-refractivity contribution in [1.29, 1.82) is 0 Å². The summed E-state index contributed by atoms with van der Waals surface area (Å²) >= 11 is 0. The lowest BCUT2D eigenvalue weighted by atomic mass is 10.1. The Morgan fingerprint density at radius 1 is 1.35 bits per heavy atom. The average molecular weight is 340 g/mol. The van der Waals surface area contributed by atoms with E-state index in [9.17, 15) is 14.9 Å². The van der Waals surface area contributed by atoms with Gasteiger partial charge in [0.2, 0.25) is 0 Å². The molecule has 23 heavy (non-hydrogen) atoms. The maximum atomic E-state index is 12.9. The van der Waals surface area contributed by atoms with Gasteiger partial charge in [-0.1, -0.05) is 13.0 Å². The minimum absolute atomic E-state index is 0. The average Bonchev–Trinajstić information content (AvgIpc) is 2.78. The number of halogens is 1. The molecule has 2 heterocycles. The van der Waals surface area contributed by atoms with Crippen LogP contribution in [-0.4, -0.2) is 40.9 Å². The third kappa shape index (κ3) is 3.33. The van der Waals surface area contributed by atoms with Crippen LogP contribution in [0, 0.1) is 10.1 Å². The van der Waals surface area contributed by atoms with Gasteiger partial charge in [0.1, 0.15) is 0 Å². The van der Waals surface area contributed by atoms with Gasteiger partial charge in [-0.2, -0.15) is 0 Å². The second kappa shape index (κ2) is 7.27. The molecule has 7 heteroatoms. The Balaban J connectivity index is 0.00000192. The number of nitro benzene ring substituents is 1. The van der Waals surface area contributed by atoms with Gasteiger partial charge in [0.05, 0.1) is 4.92 Å². The quantitative estimate of drug-likeness (QED) is 0.678. The zero-order valence-electron chi connectivity index (χ0n) is 13.2. The molecule has 6 nitrogen and oxygen atoms in total. The van der Waals surface area contributed by atoms with Gasteiger partial charge in [-0.3, -0.25) is 14.9 Å². The summed E-state index contributed by atoms with van der Waals surface area (Å²) in [7, 11) is 0. The Hall–Kier alpha value is -1.66. The van der Waals surface area contributed by atoms with E-state index in [1.165, 1.54) is 6.07 Å². The number of nitro groups is 1. The summed E-state index contributed by atoms with van der Waals surface area (Å²) in [4.78, 5) is 25.6. The first-order valence-electron chi connectivity index (χ1n) is 7.92. The van der Waals surface area contributed by atoms with Crippen molar-refractivity contribution in [3.05, 3.63) is 39.4 Å². The van der Waals surface area contributed by atoms with Crippen molar-refractivity contribution in [2.24, 2.45) is 0 Å². The number of hydrogen-bond acceptors (Lipinski definition) is 4. The van der Waals surface area contributed by atoms with Crippen molar-refractivity contribution < 1.29 is 9.72 Å². The molecule has 0 aromatic heterocycles. The summed E-state index contributed by atoms with van der Waals surface area (Å²) in [5.41, 5.74) is 1.15. The molecule has 2 aliphatic heterocycles. The van der Waals surface area contributed by atoms with Gasteiger partial charge in [-0.25, -0.2) is 0 Å². The summed E-state index contributed by atoms with van der Waals surface area (Å²) in [6.45, 7) is 3.63. The van der Waals surface area contributed by atoms with Gasteiger partial charge in [-0.15, -0.1) is 12.4 Å². The van der Waals surface area contributed by atoms with Crippen molar-refractivity contribution in [3.8, 4) is 0 Å². The molecule has 2 unspecified atom stereocenters. The molecule has 2 aliphatic rings. The number of nitrogens with one attached hydrogen (secondary N) is 1. The summed E-state index contributed by atoms with van der Waals surface area (Å²) in [6.07, 6.45) is 3.59. The highest BCUT2D eigenvalue weighted by Gasteiger charge is 2.38. The van der Waals surface area contributed by atoms with Gasteiger partial charge in [0.25, 0.3) is 11.6 Å². The number of benzene rings is 1. The summed E-state index contributed by atoms with van der Waals surface area (Å²) in [5, 5.41) is 14.6. The first kappa shape index (κ1) is 17.7. The van der Waals surface area contributed by atoms with E-state index in [-0.39, 0.29) is 36.1 Å². The topological polar surface area (TPSA) is 75.5 Å². The van der Waals surface area contributed by atoms with Crippen LogP contribution in [0.3, 0.4) is 0 Å². The summed E-state index contributed by atoms with van der Waals surface area (Å²) < 4.78 is 0. The molecule has 0 saturated carbocycles. The Bertz CT molecular complexity index is 594. The second-order valence-corrected chi connectivity index (χ2v) is 6.04. The van der Waals surface area contributed by atoms with E-state index in [2.05, 4.69) is 5.32 Å². The summed E-state index contributed by atoms with van der Waals surface area (Å²) in [5.74, 6) is -0.0676. The Morgan fingerprint density at radius 2 is 2.09 bits per heavy atom. The van der Waals surface area contributed by atoms with Crippen LogP contribution in [0.2, 0.25) is 0 Å². The largest absolute Gasteiger partial charge is 0.331 e. The minimum atomic E-state index is -0.395. The van der Waals surface area contributed by atoms with Crippen LogP contribution in [0.15, 0.2) is 18.2 Å². The predicted molar refractivity (Wildman–Crippen MR) is 90.2 cm³/mol. The normalized spacial score (nSPS) is 23.1. The first-order valence-corrected chi connectivity index (χ1v) is 7.92. The molecule has 1 amide bonds. The fraction of sp³-hybridized carbons (Fsp3) is 0.562. The predicted octanol–water partition coefficient (Wildman–Crippen LogP) is 2.55. The molecular formula is C16H22ClN3O3. The van der Waals surface area contributed by atoms with Crippen LogP contribution >= 0.6 is 12.4 Å². The molecule has 1 N–H and O–H groups in total. The highest BCUT2D eigenvalue weighted by Crippen LogP contribution is 2.30. The number of aryl methyl sites for hydroxylation is 1. The lowest BCUT2D eigenvalue weighted by molar-refractivity contribution is -0.385. The molecule has 2 saturated heterocycles. The number of rotatable bonds is 3. The van der Waals surface area contributed by atoms with Crippen LogP contribution in [-0.2, 0) is 6.42 Å². The van der Waals surface area contributed by atoms with Crippen molar-refractivity contribution in [2.45, 2.75) is 44.7 Å². The van der Waals surface area contributed by atoms with Gasteiger partial charge in [0.15, 0.2) is 0 Å². The molecule has 2 fully saturated rings. The molecule has 0 radical (unpaired) electrons. The maximum Gasteiger partial charge on any atom is 0.273 e. The molecule has 2 atom stereocenters. The van der Waals surface area contributed by atoms with E-state index in [1.54, 1.807) is 12.1 Å². The fourth-order valence-electron chi connectivity index (χ4n) is 3.63. The van der Waals surface area contributed by atoms with Crippen LogP contribution < -0.4 is 5.32 Å². The van der Waals surface area contributed by atoms with Crippen LogP contribution in [0.4, 0.5) is 5.69 Å². The van der Waals surface area contributed by atoms with Gasteiger partial charge >= 0.3 is 0 Å². The molecule has 2 bridgehead atoms. The number of hydrogen-bond donors (Lipinski definition) is 1. The smallest absolute Gasteiger partial charge is 0.273 e. The lowest BCUT2D eigenvalue weighted by Crippen LogP contribution is -2.42. The highest BCUT2D eigenvalue weighted by atomic mass is 35.5. The molecule has 3 rings (SSSR count). The number of carbonyl (C=O) groups excluding carboxylic acids is 1. The zero-order chi connectivity index (χ0) is 15.7. The Morgan fingerprint density at radius 3 is 2.78 bits per heavy atom. The Kier molecular flexibility index (Phi) is 5.59. The number of amides is 1. The lowest BCUT2D eigenvalue weighted by Gasteiger charge is -2.28. The number of carbonyl (C=O) groups is 1. The SMILES string of the molecule is CCc1ccc(C(=O)N2C3CCNCC2CC3)cc1[N+](=O)[O-].Cl. The second-order valence-electron chi connectivity index (χ2n) is 6.04. The van der Waals surface area contributed by atoms with E-state index >= 15 is 0 Å². The van der Waals surface area contributed by atoms with Crippen LogP contribution in [0.5, 0.6) is 0 Å². The molecule has 0 aliphatic carbocycles. The third-order valence-electron chi connectivity index (χ3n) is 4.80. The van der Waals surface area contributed by atoms with Crippen molar-refractivity contribution in [2.75, 3.05) is 13.1 Å². The van der Waals surface area contributed by atoms with E-state index in [0.29, 0.717) is 17.5 Å². The zero-order valence-corrected chi connectivity index (χ0v) is 14.0. The highest BCUT2D eigenvalue weighted by molar-refractivity contribution is 5.95. The standard InChI is InChI=1S/C16H21N3O3.ClH/c1-2-11-3-4-12(9-15(11)19(21)22)16(20)18-13-5-6-14(18)10-17-8-7-13;/h3-4,9,13-14,17H,2,5-8,10H2,1H3;1H. The molecule has 0 spiro atoms. The number of fused-ring (bicyclic) bond motifs is 2. The Labute approximate surface area is 141 Å². The molecule has 1 aromatic rings. The van der Waals surface area contributed by atoms with Crippen LogP contribution in [0.25, 0.3) is 0 Å². The maximum absolute atomic E-state index is 12.9. The van der Waals surface area contributed by atoms with E-state index in [0.717, 1.165) is 32.4 Å².